The Bertz CT molecular complexity index is 410. The van der Waals surface area contributed by atoms with Crippen LogP contribution in [0.15, 0.2) is 34.5 Å². The van der Waals surface area contributed by atoms with Crippen LogP contribution >= 0.6 is 0 Å². The molecule has 0 unspecified atom stereocenters. The van der Waals surface area contributed by atoms with Crippen molar-refractivity contribution in [2.75, 3.05) is 0 Å². The van der Waals surface area contributed by atoms with E-state index in [0.29, 0.717) is 11.3 Å². The number of rotatable bonds is 1. The van der Waals surface area contributed by atoms with Crippen LogP contribution in [-0.4, -0.2) is 18.4 Å². The Morgan fingerprint density at radius 3 is 2.77 bits per heavy atom. The van der Waals surface area contributed by atoms with E-state index in [1.54, 1.807) is 24.3 Å². The van der Waals surface area contributed by atoms with Gasteiger partial charge < -0.3 is 4.74 Å². The number of fused-ring (bicyclic) bond motifs is 1. The summed E-state index contributed by atoms with van der Waals surface area (Å²) in [5, 5.41) is 6.72. The van der Waals surface area contributed by atoms with Crippen LogP contribution in [0.1, 0.15) is 10.4 Å². The van der Waals surface area contributed by atoms with Crippen LogP contribution in [0, 0.1) is 0 Å². The van der Waals surface area contributed by atoms with Crippen molar-refractivity contribution in [1.82, 2.24) is 0 Å². The Labute approximate surface area is 74.6 Å². The van der Waals surface area contributed by atoms with Crippen molar-refractivity contribution in [3.63, 3.8) is 0 Å². The van der Waals surface area contributed by atoms with Crippen LogP contribution in [-0.2, 0) is 0 Å². The smallest absolute Gasteiger partial charge is 0.287 e. The minimum absolute atomic E-state index is 0.0174. The van der Waals surface area contributed by atoms with Crippen molar-refractivity contribution < 1.29 is 9.53 Å². The van der Waals surface area contributed by atoms with Crippen molar-refractivity contribution in [3.8, 4) is 5.75 Å². The predicted octanol–water partition coefficient (Wildman–Crippen LogP) is 1.28. The highest BCUT2D eigenvalue weighted by Gasteiger charge is 2.28. The zero-order chi connectivity index (χ0) is 9.26. The van der Waals surface area contributed by atoms with Crippen LogP contribution in [0.2, 0.25) is 0 Å². The van der Waals surface area contributed by atoms with Gasteiger partial charge in [0.25, 0.3) is 11.7 Å². The molecule has 1 aliphatic heterocycles. The van der Waals surface area contributed by atoms with Crippen LogP contribution in [0.5, 0.6) is 5.75 Å². The molecule has 2 rings (SSSR count). The maximum absolute atomic E-state index is 11.4. The summed E-state index contributed by atoms with van der Waals surface area (Å²) < 4.78 is 5.13. The normalized spacial score (nSPS) is 16.9. The quantitative estimate of drug-likeness (QED) is 0.475. The summed E-state index contributed by atoms with van der Waals surface area (Å²) in [6.07, 6.45) is 0. The van der Waals surface area contributed by atoms with Gasteiger partial charge in [0.05, 0.1) is 5.56 Å². The summed E-state index contributed by atoms with van der Waals surface area (Å²) in [6.45, 7) is 3.15. The first-order valence-corrected chi connectivity index (χ1v) is 3.68. The molecule has 0 saturated carbocycles. The SMILES string of the molecule is C=NN=C1Oc2ccccc2C1=O. The van der Waals surface area contributed by atoms with E-state index < -0.39 is 0 Å². The van der Waals surface area contributed by atoms with Crippen LogP contribution in [0.25, 0.3) is 0 Å². The van der Waals surface area contributed by atoms with Gasteiger partial charge in [0.2, 0.25) is 0 Å². The fourth-order valence-electron chi connectivity index (χ4n) is 1.14. The Morgan fingerprint density at radius 1 is 1.31 bits per heavy atom. The molecule has 0 aromatic heterocycles. The molecule has 0 radical (unpaired) electrons. The lowest BCUT2D eigenvalue weighted by Gasteiger charge is -1.92. The number of carbonyl (C=O) groups excluding carboxylic acids is 1. The van der Waals surface area contributed by atoms with Crippen molar-refractivity contribution in [2.24, 2.45) is 10.2 Å². The summed E-state index contributed by atoms with van der Waals surface area (Å²) in [4.78, 5) is 11.4. The molecule has 64 valence electrons. The fourth-order valence-corrected chi connectivity index (χ4v) is 1.14. The third-order valence-electron chi connectivity index (χ3n) is 1.69. The number of ether oxygens (including phenoxy) is 1. The van der Waals surface area contributed by atoms with Crippen LogP contribution in [0.3, 0.4) is 0 Å². The molecule has 0 fully saturated rings. The van der Waals surface area contributed by atoms with Crippen LogP contribution in [0.4, 0.5) is 0 Å². The van der Waals surface area contributed by atoms with E-state index in [4.69, 9.17) is 4.74 Å². The number of para-hydroxylation sites is 1. The number of nitrogens with zero attached hydrogens (tertiary/aromatic N) is 2. The number of Topliss-reactive ketones (excluding diaryl/α,β-unsaturated/α-hetero) is 1. The number of ketones is 1. The number of hydrogen-bond donors (Lipinski definition) is 0. The van der Waals surface area contributed by atoms with Gasteiger partial charge in [-0.2, -0.15) is 5.10 Å². The van der Waals surface area contributed by atoms with E-state index >= 15 is 0 Å². The highest BCUT2D eigenvalue weighted by molar-refractivity contribution is 6.46. The fraction of sp³-hybridized carbons (Fsp3) is 0. The molecule has 1 heterocycles. The summed E-state index contributed by atoms with van der Waals surface area (Å²) in [5.41, 5.74) is 0.518. The maximum Gasteiger partial charge on any atom is 0.287 e. The van der Waals surface area contributed by atoms with E-state index in [9.17, 15) is 4.79 Å². The van der Waals surface area contributed by atoms with Gasteiger partial charge in [0, 0.05) is 6.72 Å². The van der Waals surface area contributed by atoms with Gasteiger partial charge in [-0.1, -0.05) is 12.1 Å². The van der Waals surface area contributed by atoms with Crippen molar-refractivity contribution >= 4 is 18.4 Å². The van der Waals surface area contributed by atoms with Gasteiger partial charge >= 0.3 is 0 Å². The zero-order valence-corrected chi connectivity index (χ0v) is 6.73. The summed E-state index contributed by atoms with van der Waals surface area (Å²) in [6, 6.07) is 6.95. The van der Waals surface area contributed by atoms with Crippen molar-refractivity contribution in [2.45, 2.75) is 0 Å². The first-order valence-electron chi connectivity index (χ1n) is 3.68. The first-order chi connectivity index (χ1) is 6.33. The maximum atomic E-state index is 11.4. The van der Waals surface area contributed by atoms with Crippen molar-refractivity contribution in [3.05, 3.63) is 29.8 Å². The molecule has 13 heavy (non-hydrogen) atoms. The molecule has 1 aromatic carbocycles. The topological polar surface area (TPSA) is 51.0 Å². The second kappa shape index (κ2) is 2.82. The van der Waals surface area contributed by atoms with Crippen molar-refractivity contribution in [1.29, 1.82) is 0 Å². The first kappa shape index (κ1) is 7.67. The third-order valence-corrected chi connectivity index (χ3v) is 1.69. The molecule has 0 atom stereocenters. The van der Waals surface area contributed by atoms with E-state index in [2.05, 4.69) is 16.9 Å². The monoisotopic (exact) mass is 174 g/mol. The molecule has 1 aromatic rings. The molecule has 4 nitrogen and oxygen atoms in total. The van der Waals surface area contributed by atoms with Gasteiger partial charge in [-0.25, -0.2) is 0 Å². The highest BCUT2D eigenvalue weighted by atomic mass is 16.5. The average Bonchev–Trinajstić information content (AvgIpc) is 2.46. The number of hydrogen-bond acceptors (Lipinski definition) is 4. The Kier molecular flexibility index (Phi) is 1.66. The largest absolute Gasteiger partial charge is 0.434 e. The van der Waals surface area contributed by atoms with Gasteiger partial charge in [-0.05, 0) is 12.1 Å². The highest BCUT2D eigenvalue weighted by Crippen LogP contribution is 2.25. The molecule has 0 aliphatic carbocycles. The minimum Gasteiger partial charge on any atom is -0.434 e. The molecule has 0 bridgehead atoms. The van der Waals surface area contributed by atoms with Crippen LogP contribution < -0.4 is 4.74 Å². The molecule has 1 aliphatic rings. The van der Waals surface area contributed by atoms with Gasteiger partial charge in [0.15, 0.2) is 0 Å². The molecule has 0 saturated heterocycles. The molecular weight excluding hydrogens is 168 g/mol. The second-order valence-corrected chi connectivity index (χ2v) is 2.47. The summed E-state index contributed by atoms with van der Waals surface area (Å²) >= 11 is 0. The van der Waals surface area contributed by atoms with Gasteiger partial charge in [-0.3, -0.25) is 4.79 Å². The lowest BCUT2D eigenvalue weighted by atomic mass is 10.1. The second-order valence-electron chi connectivity index (χ2n) is 2.47. The third kappa shape index (κ3) is 1.12. The molecule has 0 amide bonds. The summed E-state index contributed by atoms with van der Waals surface area (Å²) in [7, 11) is 0. The lowest BCUT2D eigenvalue weighted by Crippen LogP contribution is -2.11. The zero-order valence-electron chi connectivity index (χ0n) is 6.73. The Morgan fingerprint density at radius 2 is 2.08 bits per heavy atom. The molecular formula is C9H6N2O2. The van der Waals surface area contributed by atoms with Gasteiger partial charge in [0.1, 0.15) is 5.75 Å². The number of carbonyl (C=O) groups is 1. The lowest BCUT2D eigenvalue weighted by molar-refractivity contribution is 0.106. The van der Waals surface area contributed by atoms with E-state index in [0.717, 1.165) is 0 Å². The average molecular weight is 174 g/mol. The molecule has 0 N–H and O–H groups in total. The van der Waals surface area contributed by atoms with E-state index in [1.165, 1.54) is 0 Å². The summed E-state index contributed by atoms with van der Waals surface area (Å²) in [5.74, 6) is 0.258. The number of benzene rings is 1. The molecule has 4 heteroatoms. The van der Waals surface area contributed by atoms with Gasteiger partial charge in [-0.15, -0.1) is 5.10 Å². The molecule has 0 spiro atoms. The predicted molar refractivity (Wildman–Crippen MR) is 48.4 cm³/mol. The van der Waals surface area contributed by atoms with E-state index in [-0.39, 0.29) is 11.7 Å². The Balaban J connectivity index is 2.49. The Hall–Kier alpha value is -1.97. The van der Waals surface area contributed by atoms with E-state index in [1.807, 2.05) is 0 Å². The standard InChI is InChI=1S/C9H6N2O2/c1-10-11-9-8(12)6-4-2-3-5-7(6)13-9/h2-5H,1H2. The minimum atomic E-state index is -0.247.